The summed E-state index contributed by atoms with van der Waals surface area (Å²) in [5.41, 5.74) is 0.150. The van der Waals surface area contributed by atoms with Crippen molar-refractivity contribution in [3.05, 3.63) is 34.9 Å². The van der Waals surface area contributed by atoms with Crippen LogP contribution in [0, 0.1) is 0 Å². The van der Waals surface area contributed by atoms with Gasteiger partial charge in [0.25, 0.3) is 0 Å². The summed E-state index contributed by atoms with van der Waals surface area (Å²) in [6, 6.07) is 6.29. The molecule has 0 radical (unpaired) electrons. The fourth-order valence-electron chi connectivity index (χ4n) is 0.676. The largest absolute Gasteiger partial charge is 0.374 e. The van der Waals surface area contributed by atoms with Crippen molar-refractivity contribution in [2.45, 2.75) is 0 Å². The maximum absolute atomic E-state index is 10.7. The van der Waals surface area contributed by atoms with Gasteiger partial charge in [0.05, 0.1) is 10.6 Å². The molecule has 6 heteroatoms. The molecule has 1 aromatic carbocycles. The summed E-state index contributed by atoms with van der Waals surface area (Å²) in [4.78, 5) is 14.2. The Morgan fingerprint density at radius 2 is 1.85 bits per heavy atom. The molecule has 0 aliphatic carbocycles. The summed E-state index contributed by atoms with van der Waals surface area (Å²) in [5.74, 6) is -0.851. The van der Waals surface area contributed by atoms with E-state index in [-0.39, 0.29) is 10.6 Å². The van der Waals surface area contributed by atoms with Crippen molar-refractivity contribution < 1.29 is 25.5 Å². The van der Waals surface area contributed by atoms with Crippen LogP contribution in [0.5, 0.6) is 0 Å². The highest BCUT2D eigenvalue weighted by Gasteiger charge is 2.09. The first-order valence-corrected chi connectivity index (χ1v) is 3.44. The maximum Gasteiger partial charge on any atom is 0.374 e. The van der Waals surface area contributed by atoms with Gasteiger partial charge in [0, 0.05) is 0 Å². The predicted octanol–water partition coefficient (Wildman–Crippen LogP) is 1.99. The van der Waals surface area contributed by atoms with Crippen LogP contribution in [0.3, 0.4) is 0 Å². The number of halogens is 1. The van der Waals surface area contributed by atoms with Crippen molar-refractivity contribution in [3.63, 3.8) is 0 Å². The fourth-order valence-corrected chi connectivity index (χ4v) is 0.889. The SMILES string of the molecule is O=C(OO)c1ccccc1Cl.OO. The summed E-state index contributed by atoms with van der Waals surface area (Å²) >= 11 is 5.59. The topological polar surface area (TPSA) is 87.0 Å². The first kappa shape index (κ1) is 11.9. The quantitative estimate of drug-likeness (QED) is 0.483. The van der Waals surface area contributed by atoms with E-state index in [1.807, 2.05) is 0 Å². The van der Waals surface area contributed by atoms with Gasteiger partial charge in [-0.15, -0.1) is 0 Å². The van der Waals surface area contributed by atoms with E-state index < -0.39 is 5.97 Å². The normalized spacial score (nSPS) is 8.31. The zero-order chi connectivity index (χ0) is 10.3. The molecule has 0 fully saturated rings. The minimum absolute atomic E-state index is 0.150. The molecule has 0 aliphatic rings. The molecular formula is C7H7ClO5. The Kier molecular flexibility index (Phi) is 5.82. The van der Waals surface area contributed by atoms with Gasteiger partial charge in [-0.1, -0.05) is 23.7 Å². The van der Waals surface area contributed by atoms with Crippen LogP contribution in [0.4, 0.5) is 0 Å². The molecule has 0 bridgehead atoms. The average Bonchev–Trinajstić information content (AvgIpc) is 2.20. The van der Waals surface area contributed by atoms with Crippen molar-refractivity contribution in [2.24, 2.45) is 0 Å². The number of hydrogen-bond donors (Lipinski definition) is 3. The molecule has 1 aromatic rings. The number of carbonyl (C=O) groups is 1. The van der Waals surface area contributed by atoms with E-state index in [4.69, 9.17) is 27.4 Å². The van der Waals surface area contributed by atoms with Crippen LogP contribution in [0.25, 0.3) is 0 Å². The Hall–Kier alpha value is -1.14. The lowest BCUT2D eigenvalue weighted by Gasteiger charge is -1.97. The summed E-state index contributed by atoms with van der Waals surface area (Å²) in [6.07, 6.45) is 0. The molecule has 13 heavy (non-hydrogen) atoms. The minimum atomic E-state index is -0.851. The van der Waals surface area contributed by atoms with E-state index >= 15 is 0 Å². The first-order valence-electron chi connectivity index (χ1n) is 3.06. The van der Waals surface area contributed by atoms with Gasteiger partial charge in [-0.2, -0.15) is 5.26 Å². The molecule has 1 rings (SSSR count). The van der Waals surface area contributed by atoms with Crippen LogP contribution in [-0.2, 0) is 4.89 Å². The molecule has 0 aromatic heterocycles. The standard InChI is InChI=1S/C7H5ClO3.H2O2/c8-6-4-2-1-3-5(6)7(9)11-10;1-2/h1-4,10H;1-2H. The summed E-state index contributed by atoms with van der Waals surface area (Å²) in [5, 5.41) is 20.3. The molecule has 0 atom stereocenters. The lowest BCUT2D eigenvalue weighted by Crippen LogP contribution is -2.01. The Morgan fingerprint density at radius 1 is 1.31 bits per heavy atom. The molecule has 0 amide bonds. The monoisotopic (exact) mass is 206 g/mol. The lowest BCUT2D eigenvalue weighted by molar-refractivity contribution is -0.182. The van der Waals surface area contributed by atoms with E-state index in [0.29, 0.717) is 0 Å². The Labute approximate surface area is 78.6 Å². The second kappa shape index (κ2) is 6.38. The van der Waals surface area contributed by atoms with Crippen LogP contribution >= 0.6 is 11.6 Å². The van der Waals surface area contributed by atoms with Gasteiger partial charge in [0.1, 0.15) is 0 Å². The smallest absolute Gasteiger partial charge is 0.295 e. The molecule has 3 N–H and O–H groups in total. The molecule has 72 valence electrons. The number of benzene rings is 1. The fraction of sp³-hybridized carbons (Fsp3) is 0. The van der Waals surface area contributed by atoms with Crippen molar-refractivity contribution in [3.8, 4) is 0 Å². The molecule has 5 nitrogen and oxygen atoms in total. The second-order valence-corrected chi connectivity index (χ2v) is 2.27. The van der Waals surface area contributed by atoms with Crippen LogP contribution in [0.1, 0.15) is 10.4 Å². The van der Waals surface area contributed by atoms with Gasteiger partial charge in [-0.25, -0.2) is 4.79 Å². The molecule has 0 saturated heterocycles. The summed E-state index contributed by atoms with van der Waals surface area (Å²) < 4.78 is 0. The van der Waals surface area contributed by atoms with Gasteiger partial charge in [0.2, 0.25) is 0 Å². The van der Waals surface area contributed by atoms with Crippen molar-refractivity contribution in [1.29, 1.82) is 0 Å². The number of hydrogen-bond acceptors (Lipinski definition) is 5. The number of carbonyl (C=O) groups excluding carboxylic acids is 1. The highest BCUT2D eigenvalue weighted by molar-refractivity contribution is 6.33. The zero-order valence-electron chi connectivity index (χ0n) is 6.35. The third-order valence-electron chi connectivity index (χ3n) is 1.18. The van der Waals surface area contributed by atoms with Gasteiger partial charge in [-0.3, -0.25) is 15.4 Å². The van der Waals surface area contributed by atoms with Gasteiger partial charge in [0.15, 0.2) is 0 Å². The van der Waals surface area contributed by atoms with E-state index in [1.165, 1.54) is 12.1 Å². The van der Waals surface area contributed by atoms with Crippen LogP contribution in [0.2, 0.25) is 5.02 Å². The Morgan fingerprint density at radius 3 is 2.31 bits per heavy atom. The molecule has 0 spiro atoms. The van der Waals surface area contributed by atoms with E-state index in [9.17, 15) is 4.79 Å². The molecular weight excluding hydrogens is 200 g/mol. The lowest BCUT2D eigenvalue weighted by atomic mass is 10.2. The molecule has 0 aliphatic heterocycles. The van der Waals surface area contributed by atoms with Crippen LogP contribution in [-0.4, -0.2) is 21.7 Å². The second-order valence-electron chi connectivity index (χ2n) is 1.86. The first-order chi connectivity index (χ1) is 6.25. The molecule has 0 saturated carbocycles. The highest BCUT2D eigenvalue weighted by Crippen LogP contribution is 2.14. The van der Waals surface area contributed by atoms with E-state index in [1.54, 1.807) is 12.1 Å². The number of rotatable bonds is 1. The zero-order valence-corrected chi connectivity index (χ0v) is 7.10. The third kappa shape index (κ3) is 3.39. The Balaban J connectivity index is 0.000000671. The predicted molar refractivity (Wildman–Crippen MR) is 44.8 cm³/mol. The maximum atomic E-state index is 10.7. The molecule has 0 heterocycles. The minimum Gasteiger partial charge on any atom is -0.295 e. The summed E-state index contributed by atoms with van der Waals surface area (Å²) in [6.45, 7) is 0. The van der Waals surface area contributed by atoms with E-state index in [0.717, 1.165) is 0 Å². The Bertz CT molecular complexity index is 275. The van der Waals surface area contributed by atoms with Crippen molar-refractivity contribution >= 4 is 17.6 Å². The van der Waals surface area contributed by atoms with Crippen molar-refractivity contribution in [2.75, 3.05) is 0 Å². The third-order valence-corrected chi connectivity index (χ3v) is 1.51. The van der Waals surface area contributed by atoms with Gasteiger partial charge >= 0.3 is 5.97 Å². The summed E-state index contributed by atoms with van der Waals surface area (Å²) in [7, 11) is 0. The highest BCUT2D eigenvalue weighted by atomic mass is 35.5. The average molecular weight is 207 g/mol. The van der Waals surface area contributed by atoms with Crippen LogP contribution in [0.15, 0.2) is 24.3 Å². The van der Waals surface area contributed by atoms with Crippen LogP contribution < -0.4 is 0 Å². The van der Waals surface area contributed by atoms with E-state index in [2.05, 4.69) is 4.89 Å². The molecule has 0 unspecified atom stereocenters. The van der Waals surface area contributed by atoms with Gasteiger partial charge in [-0.05, 0) is 12.1 Å². The van der Waals surface area contributed by atoms with Crippen molar-refractivity contribution in [1.82, 2.24) is 0 Å². The van der Waals surface area contributed by atoms with Gasteiger partial charge < -0.3 is 0 Å².